The number of amides is 1. The highest BCUT2D eigenvalue weighted by atomic mass is 16.1. The summed E-state index contributed by atoms with van der Waals surface area (Å²) in [5.74, 6) is -0.0297. The molecule has 2 rings (SSSR count). The molecule has 1 heterocycles. The van der Waals surface area contributed by atoms with E-state index in [1.807, 2.05) is 31.2 Å². The maximum atomic E-state index is 12.1. The molecule has 3 heteroatoms. The third kappa shape index (κ3) is 2.44. The lowest BCUT2D eigenvalue weighted by Gasteiger charge is -2.12. The van der Waals surface area contributed by atoms with Crippen molar-refractivity contribution < 1.29 is 4.79 Å². The SMILES string of the molecule is CCC(C)NC(=O)c1ccnc2ccccc12. The Morgan fingerprint density at radius 2 is 2.12 bits per heavy atom. The van der Waals surface area contributed by atoms with E-state index >= 15 is 0 Å². The zero-order chi connectivity index (χ0) is 12.3. The predicted octanol–water partition coefficient (Wildman–Crippen LogP) is 2.76. The van der Waals surface area contributed by atoms with Gasteiger partial charge in [0.1, 0.15) is 0 Å². The van der Waals surface area contributed by atoms with Crippen LogP contribution in [0.15, 0.2) is 36.5 Å². The van der Waals surface area contributed by atoms with Gasteiger partial charge in [-0.3, -0.25) is 9.78 Å². The highest BCUT2D eigenvalue weighted by Gasteiger charge is 2.11. The fourth-order valence-electron chi connectivity index (χ4n) is 1.70. The minimum Gasteiger partial charge on any atom is -0.350 e. The maximum Gasteiger partial charge on any atom is 0.252 e. The van der Waals surface area contributed by atoms with E-state index in [2.05, 4.69) is 17.2 Å². The van der Waals surface area contributed by atoms with Crippen molar-refractivity contribution >= 4 is 16.8 Å². The summed E-state index contributed by atoms with van der Waals surface area (Å²) in [7, 11) is 0. The predicted molar refractivity (Wildman–Crippen MR) is 69.0 cm³/mol. The molecular weight excluding hydrogens is 212 g/mol. The van der Waals surface area contributed by atoms with Crippen molar-refractivity contribution in [2.75, 3.05) is 0 Å². The molecule has 1 aromatic heterocycles. The van der Waals surface area contributed by atoms with Crippen LogP contribution in [-0.4, -0.2) is 16.9 Å². The van der Waals surface area contributed by atoms with E-state index in [1.165, 1.54) is 0 Å². The number of aromatic nitrogens is 1. The molecule has 0 aliphatic heterocycles. The van der Waals surface area contributed by atoms with Gasteiger partial charge in [-0.2, -0.15) is 0 Å². The number of fused-ring (bicyclic) bond motifs is 1. The molecule has 0 saturated carbocycles. The Labute approximate surface area is 101 Å². The standard InChI is InChI=1S/C14H16N2O/c1-3-10(2)16-14(17)12-8-9-15-13-7-5-4-6-11(12)13/h4-10H,3H2,1-2H3,(H,16,17). The van der Waals surface area contributed by atoms with Crippen molar-refractivity contribution in [3.63, 3.8) is 0 Å². The van der Waals surface area contributed by atoms with E-state index in [0.717, 1.165) is 17.3 Å². The van der Waals surface area contributed by atoms with Crippen LogP contribution < -0.4 is 5.32 Å². The van der Waals surface area contributed by atoms with Crippen LogP contribution in [0.2, 0.25) is 0 Å². The Morgan fingerprint density at radius 1 is 1.35 bits per heavy atom. The fraction of sp³-hybridized carbons (Fsp3) is 0.286. The smallest absolute Gasteiger partial charge is 0.252 e. The number of rotatable bonds is 3. The molecule has 1 aromatic carbocycles. The summed E-state index contributed by atoms with van der Waals surface area (Å²) in [5, 5.41) is 3.87. The fourth-order valence-corrected chi connectivity index (χ4v) is 1.70. The quantitative estimate of drug-likeness (QED) is 0.877. The van der Waals surface area contributed by atoms with Crippen LogP contribution in [0.3, 0.4) is 0 Å². The minimum atomic E-state index is -0.0297. The van der Waals surface area contributed by atoms with Crippen molar-refractivity contribution in [3.8, 4) is 0 Å². The van der Waals surface area contributed by atoms with Gasteiger partial charge in [-0.25, -0.2) is 0 Å². The van der Waals surface area contributed by atoms with Crippen LogP contribution in [-0.2, 0) is 0 Å². The normalized spacial score (nSPS) is 12.4. The van der Waals surface area contributed by atoms with Crippen molar-refractivity contribution in [1.29, 1.82) is 0 Å². The van der Waals surface area contributed by atoms with E-state index < -0.39 is 0 Å². The molecule has 0 fully saturated rings. The Morgan fingerprint density at radius 3 is 2.88 bits per heavy atom. The molecule has 0 bridgehead atoms. The second kappa shape index (κ2) is 4.95. The van der Waals surface area contributed by atoms with Gasteiger partial charge in [0.05, 0.1) is 11.1 Å². The third-order valence-electron chi connectivity index (χ3n) is 2.88. The zero-order valence-electron chi connectivity index (χ0n) is 10.1. The van der Waals surface area contributed by atoms with Gasteiger partial charge in [0.15, 0.2) is 0 Å². The van der Waals surface area contributed by atoms with Crippen molar-refractivity contribution in [1.82, 2.24) is 10.3 Å². The van der Waals surface area contributed by atoms with E-state index in [-0.39, 0.29) is 11.9 Å². The van der Waals surface area contributed by atoms with E-state index in [4.69, 9.17) is 0 Å². The molecule has 1 amide bonds. The molecule has 2 aromatic rings. The number of para-hydroxylation sites is 1. The molecule has 1 N–H and O–H groups in total. The Kier molecular flexibility index (Phi) is 3.38. The van der Waals surface area contributed by atoms with Gasteiger partial charge in [0.25, 0.3) is 5.91 Å². The lowest BCUT2D eigenvalue weighted by molar-refractivity contribution is 0.0941. The van der Waals surface area contributed by atoms with Gasteiger partial charge in [-0.1, -0.05) is 25.1 Å². The second-order valence-electron chi connectivity index (χ2n) is 4.16. The van der Waals surface area contributed by atoms with Crippen molar-refractivity contribution in [2.45, 2.75) is 26.3 Å². The van der Waals surface area contributed by atoms with Gasteiger partial charge in [0, 0.05) is 17.6 Å². The Bertz CT molecular complexity index is 531. The van der Waals surface area contributed by atoms with Crippen LogP contribution in [0.5, 0.6) is 0 Å². The van der Waals surface area contributed by atoms with Gasteiger partial charge in [-0.05, 0) is 25.5 Å². The molecule has 1 atom stereocenters. The number of pyridine rings is 1. The monoisotopic (exact) mass is 228 g/mol. The topological polar surface area (TPSA) is 42.0 Å². The number of benzene rings is 1. The number of nitrogens with zero attached hydrogens (tertiary/aromatic N) is 1. The Hall–Kier alpha value is -1.90. The average Bonchev–Trinajstić information content (AvgIpc) is 2.37. The average molecular weight is 228 g/mol. The lowest BCUT2D eigenvalue weighted by atomic mass is 10.1. The first-order valence-electron chi connectivity index (χ1n) is 5.87. The summed E-state index contributed by atoms with van der Waals surface area (Å²) in [6.45, 7) is 4.05. The van der Waals surface area contributed by atoms with E-state index in [9.17, 15) is 4.79 Å². The number of carbonyl (C=O) groups is 1. The first-order chi connectivity index (χ1) is 8.22. The summed E-state index contributed by atoms with van der Waals surface area (Å²) >= 11 is 0. The number of hydrogen-bond acceptors (Lipinski definition) is 2. The first-order valence-corrected chi connectivity index (χ1v) is 5.87. The van der Waals surface area contributed by atoms with Crippen LogP contribution in [0.25, 0.3) is 10.9 Å². The van der Waals surface area contributed by atoms with Crippen LogP contribution in [0, 0.1) is 0 Å². The number of carbonyl (C=O) groups excluding carboxylic acids is 1. The third-order valence-corrected chi connectivity index (χ3v) is 2.88. The lowest BCUT2D eigenvalue weighted by Crippen LogP contribution is -2.32. The number of nitrogens with one attached hydrogen (secondary N) is 1. The van der Waals surface area contributed by atoms with Crippen LogP contribution in [0.1, 0.15) is 30.6 Å². The molecule has 0 aliphatic rings. The molecule has 0 saturated heterocycles. The molecule has 1 unspecified atom stereocenters. The van der Waals surface area contributed by atoms with Gasteiger partial charge >= 0.3 is 0 Å². The molecular formula is C14H16N2O. The first kappa shape index (κ1) is 11.6. The molecule has 17 heavy (non-hydrogen) atoms. The van der Waals surface area contributed by atoms with Crippen molar-refractivity contribution in [2.24, 2.45) is 0 Å². The highest BCUT2D eigenvalue weighted by molar-refractivity contribution is 6.06. The van der Waals surface area contributed by atoms with Gasteiger partial charge < -0.3 is 5.32 Å². The molecule has 88 valence electrons. The van der Waals surface area contributed by atoms with Crippen LogP contribution in [0.4, 0.5) is 0 Å². The van der Waals surface area contributed by atoms with Gasteiger partial charge in [-0.15, -0.1) is 0 Å². The van der Waals surface area contributed by atoms with Gasteiger partial charge in [0.2, 0.25) is 0 Å². The summed E-state index contributed by atoms with van der Waals surface area (Å²) in [5.41, 5.74) is 1.54. The summed E-state index contributed by atoms with van der Waals surface area (Å²) in [6.07, 6.45) is 2.60. The summed E-state index contributed by atoms with van der Waals surface area (Å²) in [6, 6.07) is 9.63. The minimum absolute atomic E-state index is 0.0297. The van der Waals surface area contributed by atoms with E-state index in [0.29, 0.717) is 5.56 Å². The molecule has 0 aliphatic carbocycles. The molecule has 0 spiro atoms. The Balaban J connectivity index is 2.38. The maximum absolute atomic E-state index is 12.1. The largest absolute Gasteiger partial charge is 0.350 e. The van der Waals surface area contributed by atoms with E-state index in [1.54, 1.807) is 12.3 Å². The number of hydrogen-bond donors (Lipinski definition) is 1. The van der Waals surface area contributed by atoms with Crippen molar-refractivity contribution in [3.05, 3.63) is 42.1 Å². The molecule has 0 radical (unpaired) electrons. The van der Waals surface area contributed by atoms with Crippen LogP contribution >= 0.6 is 0 Å². The zero-order valence-corrected chi connectivity index (χ0v) is 10.1. The second-order valence-corrected chi connectivity index (χ2v) is 4.16. The summed E-state index contributed by atoms with van der Waals surface area (Å²) in [4.78, 5) is 16.3. The summed E-state index contributed by atoms with van der Waals surface area (Å²) < 4.78 is 0. The highest BCUT2D eigenvalue weighted by Crippen LogP contribution is 2.16. The molecule has 3 nitrogen and oxygen atoms in total.